The highest BCUT2D eigenvalue weighted by atomic mass is 79.9. The molecule has 0 saturated carbocycles. The van der Waals surface area contributed by atoms with Crippen LogP contribution in [0.25, 0.3) is 10.9 Å². The van der Waals surface area contributed by atoms with Crippen LogP contribution in [0.2, 0.25) is 0 Å². The van der Waals surface area contributed by atoms with E-state index in [2.05, 4.69) is 51.0 Å². The predicted molar refractivity (Wildman–Crippen MR) is 70.6 cm³/mol. The maximum Gasteiger partial charge on any atom is 0.0481 e. The van der Waals surface area contributed by atoms with Crippen LogP contribution in [0.15, 0.2) is 34.9 Å². The van der Waals surface area contributed by atoms with Gasteiger partial charge < -0.3 is 9.67 Å². The highest BCUT2D eigenvalue weighted by molar-refractivity contribution is 9.10. The molecule has 86 valence electrons. The Morgan fingerprint density at radius 3 is 2.81 bits per heavy atom. The van der Waals surface area contributed by atoms with Crippen molar-refractivity contribution in [2.45, 2.75) is 25.8 Å². The molecule has 0 aliphatic heterocycles. The molecule has 0 unspecified atom stereocenters. The van der Waals surface area contributed by atoms with Gasteiger partial charge in [0.15, 0.2) is 0 Å². The molecule has 0 radical (unpaired) electrons. The van der Waals surface area contributed by atoms with Gasteiger partial charge in [0, 0.05) is 34.7 Å². The van der Waals surface area contributed by atoms with Gasteiger partial charge in [0.1, 0.15) is 0 Å². The Bertz CT molecular complexity index is 464. The van der Waals surface area contributed by atoms with E-state index in [9.17, 15) is 0 Å². The molecule has 0 amide bonds. The molecule has 2 rings (SSSR count). The van der Waals surface area contributed by atoms with Gasteiger partial charge >= 0.3 is 0 Å². The summed E-state index contributed by atoms with van der Waals surface area (Å²) in [7, 11) is 0. The van der Waals surface area contributed by atoms with Crippen molar-refractivity contribution >= 4 is 26.8 Å². The molecule has 0 fully saturated rings. The topological polar surface area (TPSA) is 25.2 Å². The van der Waals surface area contributed by atoms with Crippen molar-refractivity contribution in [2.24, 2.45) is 0 Å². The van der Waals surface area contributed by atoms with E-state index in [1.807, 2.05) is 0 Å². The summed E-state index contributed by atoms with van der Waals surface area (Å²) in [6.07, 6.45) is 5.26. The fourth-order valence-electron chi connectivity index (χ4n) is 1.94. The third kappa shape index (κ3) is 2.66. The Morgan fingerprint density at radius 2 is 2.00 bits per heavy atom. The second-order valence-corrected chi connectivity index (χ2v) is 4.91. The number of rotatable bonds is 5. The molecule has 16 heavy (non-hydrogen) atoms. The lowest BCUT2D eigenvalue weighted by atomic mass is 10.2. The second-order valence-electron chi connectivity index (χ2n) is 4.00. The van der Waals surface area contributed by atoms with Crippen LogP contribution in [-0.4, -0.2) is 16.3 Å². The van der Waals surface area contributed by atoms with Crippen molar-refractivity contribution in [3.8, 4) is 0 Å². The third-order valence-corrected chi connectivity index (χ3v) is 3.28. The number of halogens is 1. The lowest BCUT2D eigenvalue weighted by molar-refractivity contribution is 0.282. The number of hydrogen-bond donors (Lipinski definition) is 1. The van der Waals surface area contributed by atoms with E-state index in [-0.39, 0.29) is 0 Å². The molecule has 1 N–H and O–H groups in total. The first-order valence-corrected chi connectivity index (χ1v) is 6.46. The van der Waals surface area contributed by atoms with Crippen LogP contribution in [0, 0.1) is 0 Å². The van der Waals surface area contributed by atoms with Crippen molar-refractivity contribution in [3.05, 3.63) is 34.9 Å². The third-order valence-electron chi connectivity index (χ3n) is 2.79. The normalized spacial score (nSPS) is 11.1. The first-order valence-electron chi connectivity index (χ1n) is 5.66. The van der Waals surface area contributed by atoms with Crippen LogP contribution in [0.4, 0.5) is 0 Å². The average Bonchev–Trinajstić information content (AvgIpc) is 2.67. The van der Waals surface area contributed by atoms with Gasteiger partial charge in [-0.3, -0.25) is 0 Å². The molecule has 1 heterocycles. The van der Waals surface area contributed by atoms with Gasteiger partial charge in [0.25, 0.3) is 0 Å². The Balaban J connectivity index is 2.07. The van der Waals surface area contributed by atoms with Crippen LogP contribution in [0.1, 0.15) is 19.3 Å². The number of aryl methyl sites for hydroxylation is 1. The average molecular weight is 282 g/mol. The molecule has 0 atom stereocenters. The van der Waals surface area contributed by atoms with Crippen molar-refractivity contribution in [3.63, 3.8) is 0 Å². The van der Waals surface area contributed by atoms with Gasteiger partial charge in [0.05, 0.1) is 0 Å². The predicted octanol–water partition coefficient (Wildman–Crippen LogP) is 3.57. The minimum absolute atomic E-state index is 0.305. The molecule has 0 spiro atoms. The molecule has 0 aliphatic rings. The van der Waals surface area contributed by atoms with E-state index < -0.39 is 0 Å². The van der Waals surface area contributed by atoms with E-state index in [0.29, 0.717) is 6.61 Å². The van der Waals surface area contributed by atoms with Gasteiger partial charge in [-0.1, -0.05) is 15.9 Å². The molecule has 2 aromatic rings. The maximum absolute atomic E-state index is 8.71. The highest BCUT2D eigenvalue weighted by Gasteiger charge is 2.00. The molecular weight excluding hydrogens is 266 g/mol. The summed E-state index contributed by atoms with van der Waals surface area (Å²) < 4.78 is 3.40. The molecule has 0 bridgehead atoms. The number of aliphatic hydroxyl groups excluding tert-OH is 1. The Labute approximate surface area is 104 Å². The summed E-state index contributed by atoms with van der Waals surface area (Å²) in [6.45, 7) is 1.34. The van der Waals surface area contributed by atoms with Gasteiger partial charge in [-0.2, -0.15) is 0 Å². The molecule has 1 aromatic heterocycles. The number of fused-ring (bicyclic) bond motifs is 1. The van der Waals surface area contributed by atoms with Crippen molar-refractivity contribution < 1.29 is 5.11 Å². The SMILES string of the molecule is OCCCCCn1ccc2cc(Br)ccc21. The summed E-state index contributed by atoms with van der Waals surface area (Å²) in [6, 6.07) is 8.50. The Morgan fingerprint density at radius 1 is 1.12 bits per heavy atom. The van der Waals surface area contributed by atoms with Crippen molar-refractivity contribution in [1.29, 1.82) is 0 Å². The van der Waals surface area contributed by atoms with Gasteiger partial charge in [-0.05, 0) is 43.5 Å². The van der Waals surface area contributed by atoms with Crippen LogP contribution in [0.3, 0.4) is 0 Å². The van der Waals surface area contributed by atoms with Crippen LogP contribution in [0.5, 0.6) is 0 Å². The molecule has 1 aromatic carbocycles. The standard InChI is InChI=1S/C13H16BrNO/c14-12-4-5-13-11(10-12)6-8-15(13)7-2-1-3-9-16/h4-6,8,10,16H,1-3,7,9H2. The van der Waals surface area contributed by atoms with Gasteiger partial charge in [-0.15, -0.1) is 0 Å². The first kappa shape index (κ1) is 11.7. The van der Waals surface area contributed by atoms with Crippen LogP contribution < -0.4 is 0 Å². The van der Waals surface area contributed by atoms with Crippen LogP contribution >= 0.6 is 15.9 Å². The first-order chi connectivity index (χ1) is 7.81. The number of aliphatic hydroxyl groups is 1. The number of hydrogen-bond acceptors (Lipinski definition) is 1. The highest BCUT2D eigenvalue weighted by Crippen LogP contribution is 2.21. The molecule has 0 aliphatic carbocycles. The minimum atomic E-state index is 0.305. The zero-order valence-corrected chi connectivity index (χ0v) is 10.8. The van der Waals surface area contributed by atoms with Crippen molar-refractivity contribution in [2.75, 3.05) is 6.61 Å². The number of benzene rings is 1. The minimum Gasteiger partial charge on any atom is -0.396 e. The fourth-order valence-corrected chi connectivity index (χ4v) is 2.32. The number of aromatic nitrogens is 1. The number of nitrogens with zero attached hydrogens (tertiary/aromatic N) is 1. The maximum atomic E-state index is 8.71. The molecule has 0 saturated heterocycles. The van der Waals surface area contributed by atoms with E-state index >= 15 is 0 Å². The van der Waals surface area contributed by atoms with E-state index in [0.717, 1.165) is 30.3 Å². The Kier molecular flexibility index (Phi) is 4.02. The van der Waals surface area contributed by atoms with Crippen molar-refractivity contribution in [1.82, 2.24) is 4.57 Å². The lowest BCUT2D eigenvalue weighted by Gasteiger charge is -2.04. The fraction of sp³-hybridized carbons (Fsp3) is 0.385. The summed E-state index contributed by atoms with van der Waals surface area (Å²) >= 11 is 3.48. The summed E-state index contributed by atoms with van der Waals surface area (Å²) in [5.41, 5.74) is 1.28. The largest absolute Gasteiger partial charge is 0.396 e. The van der Waals surface area contributed by atoms with Crippen LogP contribution in [-0.2, 0) is 6.54 Å². The summed E-state index contributed by atoms with van der Waals surface area (Å²) in [4.78, 5) is 0. The van der Waals surface area contributed by atoms with E-state index in [1.54, 1.807) is 0 Å². The monoisotopic (exact) mass is 281 g/mol. The Hall–Kier alpha value is -0.800. The van der Waals surface area contributed by atoms with Gasteiger partial charge in [-0.25, -0.2) is 0 Å². The lowest BCUT2D eigenvalue weighted by Crippen LogP contribution is -1.96. The number of unbranched alkanes of at least 4 members (excludes halogenated alkanes) is 2. The zero-order chi connectivity index (χ0) is 11.4. The molecule has 3 heteroatoms. The summed E-state index contributed by atoms with van der Waals surface area (Å²) in [5.74, 6) is 0. The van der Waals surface area contributed by atoms with Gasteiger partial charge in [0.2, 0.25) is 0 Å². The second kappa shape index (κ2) is 5.51. The van der Waals surface area contributed by atoms with E-state index in [4.69, 9.17) is 5.11 Å². The molecule has 2 nitrogen and oxygen atoms in total. The quantitative estimate of drug-likeness (QED) is 0.833. The zero-order valence-electron chi connectivity index (χ0n) is 9.19. The smallest absolute Gasteiger partial charge is 0.0481 e. The molecular formula is C13H16BrNO. The summed E-state index contributed by atoms with van der Waals surface area (Å²) in [5, 5.41) is 9.99. The van der Waals surface area contributed by atoms with E-state index in [1.165, 1.54) is 10.9 Å².